The van der Waals surface area contributed by atoms with E-state index in [9.17, 15) is 9.59 Å². The second-order valence-electron chi connectivity index (χ2n) is 5.86. The lowest BCUT2D eigenvalue weighted by Crippen LogP contribution is -2.12. The molecule has 1 heterocycles. The van der Waals surface area contributed by atoms with Gasteiger partial charge in [-0.05, 0) is 61.5 Å². The van der Waals surface area contributed by atoms with Crippen molar-refractivity contribution in [1.29, 1.82) is 5.26 Å². The van der Waals surface area contributed by atoms with Gasteiger partial charge in [-0.25, -0.2) is 0 Å². The van der Waals surface area contributed by atoms with Crippen LogP contribution in [-0.4, -0.2) is 16.7 Å². The van der Waals surface area contributed by atoms with Crippen molar-refractivity contribution >= 4 is 28.8 Å². The molecule has 0 aliphatic rings. The van der Waals surface area contributed by atoms with Crippen LogP contribution < -0.4 is 10.6 Å². The average molecular weight is 356 g/mol. The normalized spacial score (nSPS) is 9.93. The van der Waals surface area contributed by atoms with Crippen molar-refractivity contribution in [3.05, 3.63) is 83.7 Å². The molecule has 0 fully saturated rings. The van der Waals surface area contributed by atoms with E-state index in [0.717, 1.165) is 5.69 Å². The number of benzene rings is 2. The topological polar surface area (TPSA) is 94.9 Å². The molecule has 2 aromatic carbocycles. The molecule has 0 aliphatic heterocycles. The van der Waals surface area contributed by atoms with Crippen molar-refractivity contribution in [1.82, 2.24) is 4.98 Å². The molecule has 27 heavy (non-hydrogen) atoms. The fourth-order valence-corrected chi connectivity index (χ4v) is 2.42. The van der Waals surface area contributed by atoms with Crippen LogP contribution in [0.1, 0.15) is 33.2 Å². The number of hydrogen-bond donors (Lipinski definition) is 2. The largest absolute Gasteiger partial charge is 0.354 e. The Morgan fingerprint density at radius 2 is 1.56 bits per heavy atom. The number of pyridine rings is 1. The van der Waals surface area contributed by atoms with Gasteiger partial charge in [-0.1, -0.05) is 0 Å². The summed E-state index contributed by atoms with van der Waals surface area (Å²) in [6, 6.07) is 17.4. The monoisotopic (exact) mass is 356 g/mol. The van der Waals surface area contributed by atoms with E-state index in [-0.39, 0.29) is 11.7 Å². The number of nitrogens with one attached hydrogen (secondary N) is 2. The average Bonchev–Trinajstić information content (AvgIpc) is 2.69. The number of aromatic nitrogens is 1. The Labute approximate surface area is 156 Å². The van der Waals surface area contributed by atoms with Gasteiger partial charge >= 0.3 is 0 Å². The fraction of sp³-hybridized carbons (Fsp3) is 0.0476. The summed E-state index contributed by atoms with van der Waals surface area (Å²) < 4.78 is 0. The predicted octanol–water partition coefficient (Wildman–Crippen LogP) is 4.15. The molecule has 0 aliphatic carbocycles. The lowest BCUT2D eigenvalue weighted by atomic mass is 10.1. The number of rotatable bonds is 5. The van der Waals surface area contributed by atoms with Gasteiger partial charge in [-0.15, -0.1) is 0 Å². The lowest BCUT2D eigenvalue weighted by molar-refractivity contribution is 0.101. The molecule has 3 aromatic rings. The van der Waals surface area contributed by atoms with Gasteiger partial charge in [0, 0.05) is 23.1 Å². The van der Waals surface area contributed by atoms with Gasteiger partial charge in [-0.2, -0.15) is 5.26 Å². The smallest absolute Gasteiger partial charge is 0.257 e. The Kier molecular flexibility index (Phi) is 5.24. The van der Waals surface area contributed by atoms with Gasteiger partial charge in [0.2, 0.25) is 0 Å². The number of amides is 1. The minimum atomic E-state index is -0.303. The summed E-state index contributed by atoms with van der Waals surface area (Å²) in [5.74, 6) is -0.299. The first kappa shape index (κ1) is 17.8. The quantitative estimate of drug-likeness (QED) is 0.670. The minimum absolute atomic E-state index is 0.00434. The zero-order valence-electron chi connectivity index (χ0n) is 14.6. The summed E-state index contributed by atoms with van der Waals surface area (Å²) in [6.07, 6.45) is 3.08. The highest BCUT2D eigenvalue weighted by atomic mass is 16.1. The summed E-state index contributed by atoms with van der Waals surface area (Å²) in [6.45, 7) is 1.52. The molecular weight excluding hydrogens is 340 g/mol. The van der Waals surface area contributed by atoms with Crippen LogP contribution in [0.3, 0.4) is 0 Å². The van der Waals surface area contributed by atoms with E-state index in [1.54, 1.807) is 60.8 Å². The minimum Gasteiger partial charge on any atom is -0.354 e. The van der Waals surface area contributed by atoms with E-state index in [2.05, 4.69) is 15.6 Å². The predicted molar refractivity (Wildman–Crippen MR) is 103 cm³/mol. The highest BCUT2D eigenvalue weighted by Crippen LogP contribution is 2.18. The Morgan fingerprint density at radius 1 is 0.889 bits per heavy atom. The van der Waals surface area contributed by atoms with Gasteiger partial charge < -0.3 is 10.6 Å². The second kappa shape index (κ2) is 7.93. The van der Waals surface area contributed by atoms with Gasteiger partial charge in [-0.3, -0.25) is 14.6 Å². The van der Waals surface area contributed by atoms with E-state index < -0.39 is 0 Å². The van der Waals surface area contributed by atoms with Crippen molar-refractivity contribution < 1.29 is 9.59 Å². The third kappa shape index (κ3) is 4.55. The maximum Gasteiger partial charge on any atom is 0.257 e. The van der Waals surface area contributed by atoms with Gasteiger partial charge in [0.15, 0.2) is 5.78 Å². The number of carbonyl (C=O) groups excluding carboxylic acids is 2. The summed E-state index contributed by atoms with van der Waals surface area (Å²) in [7, 11) is 0. The number of ketones is 1. The van der Waals surface area contributed by atoms with Crippen molar-refractivity contribution in [2.24, 2.45) is 0 Å². The third-order valence-corrected chi connectivity index (χ3v) is 3.85. The highest BCUT2D eigenvalue weighted by molar-refractivity contribution is 6.04. The molecule has 1 amide bonds. The zero-order valence-corrected chi connectivity index (χ0v) is 14.6. The molecule has 0 spiro atoms. The Bertz CT molecular complexity index is 1020. The molecule has 3 rings (SSSR count). The molecule has 0 saturated carbocycles. The number of nitriles is 1. The second-order valence-corrected chi connectivity index (χ2v) is 5.86. The summed E-state index contributed by atoms with van der Waals surface area (Å²) in [5.41, 5.74) is 3.58. The summed E-state index contributed by atoms with van der Waals surface area (Å²) >= 11 is 0. The van der Waals surface area contributed by atoms with Gasteiger partial charge in [0.05, 0.1) is 29.1 Å². The van der Waals surface area contributed by atoms with E-state index in [0.29, 0.717) is 28.1 Å². The van der Waals surface area contributed by atoms with Crippen molar-refractivity contribution in [3.63, 3.8) is 0 Å². The molecule has 6 heteroatoms. The first-order valence-electron chi connectivity index (χ1n) is 8.20. The van der Waals surface area contributed by atoms with E-state index in [1.807, 2.05) is 6.07 Å². The molecule has 0 unspecified atom stereocenters. The number of hydrogen-bond acceptors (Lipinski definition) is 5. The maximum atomic E-state index is 12.4. The Hall–Kier alpha value is -3.98. The first-order valence-corrected chi connectivity index (χ1v) is 8.20. The van der Waals surface area contributed by atoms with Gasteiger partial charge in [0.25, 0.3) is 5.91 Å². The molecule has 2 N–H and O–H groups in total. The Balaban J connectivity index is 1.71. The third-order valence-electron chi connectivity index (χ3n) is 3.85. The number of carbonyl (C=O) groups is 2. The molecule has 132 valence electrons. The molecular formula is C21H16N4O2. The zero-order chi connectivity index (χ0) is 19.2. The summed E-state index contributed by atoms with van der Waals surface area (Å²) in [4.78, 5) is 27.8. The Morgan fingerprint density at radius 3 is 2.19 bits per heavy atom. The highest BCUT2D eigenvalue weighted by Gasteiger charge is 2.08. The SMILES string of the molecule is CC(=O)c1ccc(Nc2cncc(C(=O)Nc3ccc(C#N)cc3)c2)cc1. The van der Waals surface area contributed by atoms with Crippen LogP contribution in [0.25, 0.3) is 0 Å². The van der Waals surface area contributed by atoms with E-state index >= 15 is 0 Å². The molecule has 0 atom stereocenters. The maximum absolute atomic E-state index is 12.4. The van der Waals surface area contributed by atoms with Crippen LogP contribution in [0.4, 0.5) is 17.1 Å². The molecule has 6 nitrogen and oxygen atoms in total. The van der Waals surface area contributed by atoms with Crippen LogP contribution in [-0.2, 0) is 0 Å². The van der Waals surface area contributed by atoms with Crippen molar-refractivity contribution in [3.8, 4) is 6.07 Å². The van der Waals surface area contributed by atoms with Crippen LogP contribution in [0.5, 0.6) is 0 Å². The van der Waals surface area contributed by atoms with Crippen LogP contribution in [0.15, 0.2) is 67.0 Å². The fourth-order valence-electron chi connectivity index (χ4n) is 2.42. The van der Waals surface area contributed by atoms with Crippen LogP contribution in [0.2, 0.25) is 0 Å². The molecule has 1 aromatic heterocycles. The lowest BCUT2D eigenvalue weighted by Gasteiger charge is -2.09. The number of nitrogens with zero attached hydrogens (tertiary/aromatic N) is 2. The van der Waals surface area contributed by atoms with Crippen LogP contribution >= 0.6 is 0 Å². The van der Waals surface area contributed by atoms with E-state index in [4.69, 9.17) is 5.26 Å². The standard InChI is InChI=1S/C21H16N4O2/c1-14(26)16-4-8-18(9-5-16)24-20-10-17(12-23-13-20)21(27)25-19-6-2-15(11-22)3-7-19/h2-10,12-13,24H,1H3,(H,25,27). The van der Waals surface area contributed by atoms with Crippen molar-refractivity contribution in [2.75, 3.05) is 10.6 Å². The van der Waals surface area contributed by atoms with E-state index in [1.165, 1.54) is 13.1 Å². The van der Waals surface area contributed by atoms with Gasteiger partial charge in [0.1, 0.15) is 0 Å². The molecule has 0 radical (unpaired) electrons. The summed E-state index contributed by atoms with van der Waals surface area (Å²) in [5, 5.41) is 14.7. The van der Waals surface area contributed by atoms with Crippen molar-refractivity contribution in [2.45, 2.75) is 6.92 Å². The molecule has 0 saturated heterocycles. The van der Waals surface area contributed by atoms with Crippen LogP contribution in [0, 0.1) is 11.3 Å². The number of anilines is 3. The first-order chi connectivity index (χ1) is 13.0. The number of Topliss-reactive ketones (excluding diaryl/α,β-unsaturated/α-hetero) is 1. The molecule has 0 bridgehead atoms.